The van der Waals surface area contributed by atoms with E-state index in [1.807, 2.05) is 31.2 Å². The van der Waals surface area contributed by atoms with Gasteiger partial charge in [-0.05, 0) is 59.3 Å². The molecular weight excluding hydrogens is 335 g/mol. The number of halogens is 1. The Bertz CT molecular complexity index is 1120. The fourth-order valence-electron chi connectivity index (χ4n) is 2.62. The zero-order valence-electron chi connectivity index (χ0n) is 13.7. The molecule has 0 bridgehead atoms. The molecule has 2 aromatic carbocycles. The molecule has 128 valence electrons. The van der Waals surface area contributed by atoms with Crippen molar-refractivity contribution in [3.63, 3.8) is 0 Å². The van der Waals surface area contributed by atoms with Crippen molar-refractivity contribution in [1.82, 2.24) is 30.2 Å². The van der Waals surface area contributed by atoms with E-state index in [-0.39, 0.29) is 5.82 Å². The highest BCUT2D eigenvalue weighted by molar-refractivity contribution is 5.77. The summed E-state index contributed by atoms with van der Waals surface area (Å²) in [5.41, 5.74) is 2.99. The average molecular weight is 348 g/mol. The van der Waals surface area contributed by atoms with Crippen LogP contribution in [0.2, 0.25) is 0 Å². The van der Waals surface area contributed by atoms with Gasteiger partial charge in [0.2, 0.25) is 0 Å². The van der Waals surface area contributed by atoms with E-state index in [9.17, 15) is 9.18 Å². The van der Waals surface area contributed by atoms with Crippen LogP contribution >= 0.6 is 0 Å². The predicted molar refractivity (Wildman–Crippen MR) is 93.1 cm³/mol. The van der Waals surface area contributed by atoms with Crippen LogP contribution in [0, 0.1) is 12.7 Å². The molecule has 0 aliphatic heterocycles. The molecule has 4 rings (SSSR count). The molecule has 0 amide bonds. The van der Waals surface area contributed by atoms with Crippen molar-refractivity contribution >= 4 is 0 Å². The Morgan fingerprint density at radius 2 is 1.77 bits per heavy atom. The zero-order valence-corrected chi connectivity index (χ0v) is 13.7. The van der Waals surface area contributed by atoms with Gasteiger partial charge in [-0.1, -0.05) is 17.7 Å². The summed E-state index contributed by atoms with van der Waals surface area (Å²) < 4.78 is 14.8. The standard InChI is InChI=1S/C18H13FN6O/c1-11-2-8-14(9-3-11)25-17(22-23-24-25)15-10-20-18(26)21-16(15)12-4-6-13(19)7-5-12/h2-10H,1H3,(H,20,21,26). The van der Waals surface area contributed by atoms with Crippen molar-refractivity contribution in [1.29, 1.82) is 0 Å². The average Bonchev–Trinajstić information content (AvgIpc) is 3.12. The first kappa shape index (κ1) is 15.8. The molecule has 8 heteroatoms. The van der Waals surface area contributed by atoms with Gasteiger partial charge in [0, 0.05) is 6.20 Å². The van der Waals surface area contributed by atoms with E-state index in [1.54, 1.807) is 16.8 Å². The molecule has 0 saturated heterocycles. The first-order valence-electron chi connectivity index (χ1n) is 7.83. The van der Waals surface area contributed by atoms with Crippen LogP contribution in [-0.2, 0) is 0 Å². The van der Waals surface area contributed by atoms with Gasteiger partial charge in [-0.25, -0.2) is 14.2 Å². The summed E-state index contributed by atoms with van der Waals surface area (Å²) in [6, 6.07) is 13.5. The fourth-order valence-corrected chi connectivity index (χ4v) is 2.62. The smallest absolute Gasteiger partial charge is 0.305 e. The normalized spacial score (nSPS) is 10.8. The van der Waals surface area contributed by atoms with Crippen LogP contribution in [-0.4, -0.2) is 30.2 Å². The highest BCUT2D eigenvalue weighted by atomic mass is 19.1. The highest BCUT2D eigenvalue weighted by Crippen LogP contribution is 2.28. The third-order valence-electron chi connectivity index (χ3n) is 3.93. The highest BCUT2D eigenvalue weighted by Gasteiger charge is 2.17. The Labute approximate surface area is 147 Å². The van der Waals surface area contributed by atoms with Gasteiger partial charge in [0.1, 0.15) is 5.82 Å². The fraction of sp³-hybridized carbons (Fsp3) is 0.0556. The van der Waals surface area contributed by atoms with Crippen molar-refractivity contribution in [2.45, 2.75) is 6.92 Å². The van der Waals surface area contributed by atoms with E-state index in [4.69, 9.17) is 0 Å². The van der Waals surface area contributed by atoms with Crippen molar-refractivity contribution in [3.8, 4) is 28.3 Å². The summed E-state index contributed by atoms with van der Waals surface area (Å²) in [5.74, 6) is 0.0492. The summed E-state index contributed by atoms with van der Waals surface area (Å²) in [4.78, 5) is 18.2. The minimum Gasteiger partial charge on any atom is -0.305 e. The number of H-pyrrole nitrogens is 1. The van der Waals surface area contributed by atoms with Gasteiger partial charge < -0.3 is 4.98 Å². The van der Waals surface area contributed by atoms with Crippen LogP contribution in [0.3, 0.4) is 0 Å². The van der Waals surface area contributed by atoms with Gasteiger partial charge in [-0.15, -0.1) is 5.10 Å². The summed E-state index contributed by atoms with van der Waals surface area (Å²) in [5, 5.41) is 11.9. The lowest BCUT2D eigenvalue weighted by molar-refractivity contribution is 0.628. The van der Waals surface area contributed by atoms with E-state index in [0.29, 0.717) is 22.6 Å². The van der Waals surface area contributed by atoms with Crippen molar-refractivity contribution in [2.24, 2.45) is 0 Å². The molecule has 0 aliphatic rings. The summed E-state index contributed by atoms with van der Waals surface area (Å²) in [7, 11) is 0. The number of hydrogen-bond donors (Lipinski definition) is 1. The minimum absolute atomic E-state index is 0.365. The lowest BCUT2D eigenvalue weighted by Crippen LogP contribution is -2.12. The van der Waals surface area contributed by atoms with Gasteiger partial charge in [-0.3, -0.25) is 0 Å². The van der Waals surface area contributed by atoms with Crippen LogP contribution in [0.1, 0.15) is 5.56 Å². The maximum atomic E-state index is 13.3. The lowest BCUT2D eigenvalue weighted by atomic mass is 10.1. The maximum Gasteiger partial charge on any atom is 0.345 e. The minimum atomic E-state index is -0.512. The molecule has 0 radical (unpaired) electrons. The van der Waals surface area contributed by atoms with E-state index >= 15 is 0 Å². The van der Waals surface area contributed by atoms with Gasteiger partial charge in [0.25, 0.3) is 0 Å². The van der Waals surface area contributed by atoms with Crippen LogP contribution < -0.4 is 5.69 Å². The number of benzene rings is 2. The second kappa shape index (κ2) is 6.32. The second-order valence-corrected chi connectivity index (χ2v) is 5.73. The number of rotatable bonds is 3. The SMILES string of the molecule is Cc1ccc(-n2nnnc2-c2cnc(=O)[nH]c2-c2ccc(F)cc2)cc1. The molecule has 4 aromatic rings. The summed E-state index contributed by atoms with van der Waals surface area (Å²) in [6.07, 6.45) is 1.41. The maximum absolute atomic E-state index is 13.3. The summed E-state index contributed by atoms with van der Waals surface area (Å²) in [6.45, 7) is 1.99. The molecule has 0 saturated carbocycles. The number of tetrazole rings is 1. The lowest BCUT2D eigenvalue weighted by Gasteiger charge is -2.09. The van der Waals surface area contributed by atoms with E-state index in [0.717, 1.165) is 11.3 Å². The Balaban J connectivity index is 1.90. The summed E-state index contributed by atoms with van der Waals surface area (Å²) >= 11 is 0. The van der Waals surface area contributed by atoms with E-state index in [2.05, 4.69) is 25.5 Å². The largest absolute Gasteiger partial charge is 0.345 e. The van der Waals surface area contributed by atoms with Crippen molar-refractivity contribution in [2.75, 3.05) is 0 Å². The van der Waals surface area contributed by atoms with Crippen LogP contribution in [0.4, 0.5) is 4.39 Å². The molecule has 0 aliphatic carbocycles. The molecule has 7 nitrogen and oxygen atoms in total. The molecule has 2 aromatic heterocycles. The molecule has 26 heavy (non-hydrogen) atoms. The number of aromatic amines is 1. The quantitative estimate of drug-likeness (QED) is 0.614. The first-order chi connectivity index (χ1) is 12.6. The van der Waals surface area contributed by atoms with E-state index < -0.39 is 5.69 Å². The van der Waals surface area contributed by atoms with Crippen LogP contribution in [0.15, 0.2) is 59.5 Å². The monoisotopic (exact) mass is 348 g/mol. The Morgan fingerprint density at radius 3 is 2.50 bits per heavy atom. The third-order valence-corrected chi connectivity index (χ3v) is 3.93. The second-order valence-electron chi connectivity index (χ2n) is 5.73. The molecule has 1 N–H and O–H groups in total. The van der Waals surface area contributed by atoms with Crippen molar-refractivity contribution < 1.29 is 4.39 Å². The van der Waals surface area contributed by atoms with Gasteiger partial charge in [-0.2, -0.15) is 4.68 Å². The van der Waals surface area contributed by atoms with E-state index in [1.165, 1.54) is 18.3 Å². The van der Waals surface area contributed by atoms with Gasteiger partial charge in [0.15, 0.2) is 5.82 Å². The molecule has 2 heterocycles. The van der Waals surface area contributed by atoms with Gasteiger partial charge in [0.05, 0.1) is 16.9 Å². The third kappa shape index (κ3) is 2.88. The number of hydrogen-bond acceptors (Lipinski definition) is 5. The van der Waals surface area contributed by atoms with Crippen LogP contribution in [0.5, 0.6) is 0 Å². The predicted octanol–water partition coefficient (Wildman–Crippen LogP) is 2.53. The number of nitrogens with zero attached hydrogens (tertiary/aromatic N) is 5. The first-order valence-corrected chi connectivity index (χ1v) is 7.83. The number of nitrogens with one attached hydrogen (secondary N) is 1. The molecular formula is C18H13FN6O. The molecule has 0 spiro atoms. The number of aromatic nitrogens is 6. The Morgan fingerprint density at radius 1 is 1.04 bits per heavy atom. The van der Waals surface area contributed by atoms with Gasteiger partial charge >= 0.3 is 5.69 Å². The molecule has 0 fully saturated rings. The molecule has 0 atom stereocenters. The Hall–Kier alpha value is -3.68. The molecule has 0 unspecified atom stereocenters. The zero-order chi connectivity index (χ0) is 18.1. The van der Waals surface area contributed by atoms with Crippen LogP contribution in [0.25, 0.3) is 28.3 Å². The Kier molecular flexibility index (Phi) is 3.85. The van der Waals surface area contributed by atoms with Crippen molar-refractivity contribution in [3.05, 3.63) is 76.6 Å². The topological polar surface area (TPSA) is 89.3 Å². The number of aryl methyl sites for hydroxylation is 1.